The highest BCUT2D eigenvalue weighted by Gasteiger charge is 2.23. The Kier molecular flexibility index (Phi) is 6.09. The fourth-order valence-corrected chi connectivity index (χ4v) is 4.15. The van der Waals surface area contributed by atoms with Crippen molar-refractivity contribution in [3.05, 3.63) is 45.8 Å². The summed E-state index contributed by atoms with van der Waals surface area (Å²) in [6.45, 7) is 2.22. The van der Waals surface area contributed by atoms with E-state index in [4.69, 9.17) is 9.47 Å². The van der Waals surface area contributed by atoms with Crippen LogP contribution in [0.1, 0.15) is 46.1 Å². The lowest BCUT2D eigenvalue weighted by Gasteiger charge is -2.07. The van der Waals surface area contributed by atoms with E-state index in [0.717, 1.165) is 36.1 Å². The van der Waals surface area contributed by atoms with E-state index in [-0.39, 0.29) is 0 Å². The Labute approximate surface area is 161 Å². The minimum atomic E-state index is -0.582. The quantitative estimate of drug-likeness (QED) is 0.736. The number of carbonyl (C=O) groups excluding carboxylic acids is 2. The lowest BCUT2D eigenvalue weighted by molar-refractivity contribution is -0.119. The number of carbonyl (C=O) groups is 2. The van der Waals surface area contributed by atoms with Crippen LogP contribution in [0.15, 0.2) is 24.3 Å². The van der Waals surface area contributed by atoms with E-state index in [2.05, 4.69) is 11.4 Å². The average molecular weight is 384 g/mol. The number of ether oxygens (including phenoxy) is 2. The van der Waals surface area contributed by atoms with Crippen molar-refractivity contribution in [1.82, 2.24) is 0 Å². The van der Waals surface area contributed by atoms with E-state index in [1.54, 1.807) is 24.3 Å². The first-order chi connectivity index (χ1) is 13.1. The number of esters is 1. The van der Waals surface area contributed by atoms with Crippen LogP contribution in [0.4, 0.5) is 5.00 Å². The van der Waals surface area contributed by atoms with E-state index in [9.17, 15) is 14.9 Å². The Bertz CT molecular complexity index is 881. The summed E-state index contributed by atoms with van der Waals surface area (Å²) in [5, 5.41) is 12.6. The van der Waals surface area contributed by atoms with Crippen molar-refractivity contribution < 1.29 is 19.1 Å². The third-order valence-electron chi connectivity index (χ3n) is 4.18. The molecule has 0 unspecified atom stereocenters. The molecular formula is C20H20N2O4S. The molecule has 0 saturated heterocycles. The minimum absolute atomic E-state index is 0.347. The molecule has 0 radical (unpaired) electrons. The lowest BCUT2D eigenvalue weighted by Crippen LogP contribution is -2.20. The molecule has 1 N–H and O–H groups in total. The van der Waals surface area contributed by atoms with Gasteiger partial charge in [-0.25, -0.2) is 4.79 Å². The van der Waals surface area contributed by atoms with Gasteiger partial charge in [0.05, 0.1) is 17.7 Å². The van der Waals surface area contributed by atoms with Gasteiger partial charge in [0.2, 0.25) is 0 Å². The fraction of sp³-hybridized carbons (Fsp3) is 0.350. The highest BCUT2D eigenvalue weighted by atomic mass is 32.1. The number of nitrogens with zero attached hydrogens (tertiary/aromatic N) is 1. The Morgan fingerprint density at radius 2 is 2.04 bits per heavy atom. The first-order valence-corrected chi connectivity index (χ1v) is 9.68. The van der Waals surface area contributed by atoms with E-state index in [1.165, 1.54) is 11.3 Å². The average Bonchev–Trinajstić information content (AvgIpc) is 3.25. The standard InChI is InChI=1S/C20H20N2O4S/c1-2-10-25-14-8-6-13(7-9-14)20(24)26-12-18(23)22-19-16(11-21)15-4-3-5-17(15)27-19/h6-9H,2-5,10,12H2,1H3,(H,22,23). The summed E-state index contributed by atoms with van der Waals surface area (Å²) >= 11 is 1.43. The molecule has 0 saturated carbocycles. The van der Waals surface area contributed by atoms with E-state index < -0.39 is 18.5 Å². The molecule has 0 aliphatic heterocycles. The molecule has 0 fully saturated rings. The van der Waals surface area contributed by atoms with Gasteiger partial charge in [-0.15, -0.1) is 11.3 Å². The van der Waals surface area contributed by atoms with Crippen molar-refractivity contribution in [2.24, 2.45) is 0 Å². The Morgan fingerprint density at radius 3 is 2.74 bits per heavy atom. The van der Waals surface area contributed by atoms with Crippen LogP contribution in [0.2, 0.25) is 0 Å². The SMILES string of the molecule is CCCOc1ccc(C(=O)OCC(=O)Nc2sc3c(c2C#N)CCC3)cc1. The van der Waals surface area contributed by atoms with Crippen LogP contribution in [0.25, 0.3) is 0 Å². The third-order valence-corrected chi connectivity index (χ3v) is 5.39. The largest absolute Gasteiger partial charge is 0.494 e. The van der Waals surface area contributed by atoms with Crippen molar-refractivity contribution >= 4 is 28.2 Å². The third kappa shape index (κ3) is 4.47. The molecule has 6 nitrogen and oxygen atoms in total. The predicted octanol–water partition coefficient (Wildman–Crippen LogP) is 3.69. The maximum atomic E-state index is 12.1. The summed E-state index contributed by atoms with van der Waals surface area (Å²) in [6.07, 6.45) is 3.76. The number of anilines is 1. The van der Waals surface area contributed by atoms with Crippen LogP contribution in [-0.4, -0.2) is 25.1 Å². The Morgan fingerprint density at radius 1 is 1.26 bits per heavy atom. The van der Waals surface area contributed by atoms with Crippen LogP contribution in [0, 0.1) is 11.3 Å². The molecule has 0 spiro atoms. The van der Waals surface area contributed by atoms with Crippen molar-refractivity contribution in [2.75, 3.05) is 18.5 Å². The first kappa shape index (κ1) is 18.9. The van der Waals surface area contributed by atoms with Gasteiger partial charge in [-0.3, -0.25) is 4.79 Å². The minimum Gasteiger partial charge on any atom is -0.494 e. The summed E-state index contributed by atoms with van der Waals surface area (Å²) in [5.74, 6) is -0.357. The summed E-state index contributed by atoms with van der Waals surface area (Å²) in [5.41, 5.74) is 1.93. The number of fused-ring (bicyclic) bond motifs is 1. The van der Waals surface area contributed by atoms with Gasteiger partial charge >= 0.3 is 5.97 Å². The van der Waals surface area contributed by atoms with Gasteiger partial charge in [0.15, 0.2) is 6.61 Å². The monoisotopic (exact) mass is 384 g/mol. The predicted molar refractivity (Wildman–Crippen MR) is 102 cm³/mol. The second-order valence-corrected chi connectivity index (χ2v) is 7.28. The molecule has 2 aromatic rings. The number of rotatable bonds is 7. The Balaban J connectivity index is 1.53. The van der Waals surface area contributed by atoms with Crippen LogP contribution in [-0.2, 0) is 22.4 Å². The van der Waals surface area contributed by atoms with Gasteiger partial charge in [-0.05, 0) is 55.5 Å². The molecule has 1 aromatic heterocycles. The molecule has 0 atom stereocenters. The highest BCUT2D eigenvalue weighted by molar-refractivity contribution is 7.16. The van der Waals surface area contributed by atoms with E-state index in [0.29, 0.717) is 28.5 Å². The summed E-state index contributed by atoms with van der Waals surface area (Å²) in [6, 6.07) is 8.75. The summed E-state index contributed by atoms with van der Waals surface area (Å²) in [4.78, 5) is 25.3. The maximum absolute atomic E-state index is 12.1. The van der Waals surface area contributed by atoms with Crippen LogP contribution < -0.4 is 10.1 Å². The second-order valence-electron chi connectivity index (χ2n) is 6.17. The molecule has 27 heavy (non-hydrogen) atoms. The van der Waals surface area contributed by atoms with E-state index >= 15 is 0 Å². The molecule has 1 aliphatic carbocycles. The van der Waals surface area contributed by atoms with E-state index in [1.807, 2.05) is 6.92 Å². The molecule has 1 amide bonds. The zero-order valence-corrected chi connectivity index (χ0v) is 15.9. The van der Waals surface area contributed by atoms with Crippen molar-refractivity contribution in [1.29, 1.82) is 5.26 Å². The van der Waals surface area contributed by atoms with Crippen LogP contribution >= 0.6 is 11.3 Å². The maximum Gasteiger partial charge on any atom is 0.338 e. The second kappa shape index (κ2) is 8.69. The van der Waals surface area contributed by atoms with Crippen molar-refractivity contribution in [3.8, 4) is 11.8 Å². The molecule has 1 aliphatic rings. The number of hydrogen-bond acceptors (Lipinski definition) is 6. The fourth-order valence-electron chi connectivity index (χ4n) is 2.89. The normalized spacial score (nSPS) is 12.1. The number of benzene rings is 1. The molecule has 1 heterocycles. The van der Waals surface area contributed by atoms with Crippen LogP contribution in [0.5, 0.6) is 5.75 Å². The zero-order valence-electron chi connectivity index (χ0n) is 15.0. The molecule has 0 bridgehead atoms. The summed E-state index contributed by atoms with van der Waals surface area (Å²) in [7, 11) is 0. The van der Waals surface area contributed by atoms with Crippen LogP contribution in [0.3, 0.4) is 0 Å². The smallest absolute Gasteiger partial charge is 0.338 e. The first-order valence-electron chi connectivity index (χ1n) is 8.86. The zero-order chi connectivity index (χ0) is 19.2. The molecule has 3 rings (SSSR count). The molecule has 7 heteroatoms. The topological polar surface area (TPSA) is 88.4 Å². The van der Waals surface area contributed by atoms with Gasteiger partial charge < -0.3 is 14.8 Å². The Hall–Kier alpha value is -2.85. The molecule has 1 aromatic carbocycles. The van der Waals surface area contributed by atoms with Gasteiger partial charge in [-0.2, -0.15) is 5.26 Å². The number of nitrogens with one attached hydrogen (secondary N) is 1. The van der Waals surface area contributed by atoms with Crippen molar-refractivity contribution in [2.45, 2.75) is 32.6 Å². The summed E-state index contributed by atoms with van der Waals surface area (Å²) < 4.78 is 10.5. The van der Waals surface area contributed by atoms with Gasteiger partial charge in [0.1, 0.15) is 16.8 Å². The molecule has 140 valence electrons. The number of aryl methyl sites for hydroxylation is 1. The van der Waals surface area contributed by atoms with Gasteiger partial charge in [-0.1, -0.05) is 6.92 Å². The van der Waals surface area contributed by atoms with Gasteiger partial charge in [0, 0.05) is 4.88 Å². The number of nitriles is 1. The van der Waals surface area contributed by atoms with Gasteiger partial charge in [0.25, 0.3) is 5.91 Å². The lowest BCUT2D eigenvalue weighted by atomic mass is 10.1. The molecular weight excluding hydrogens is 364 g/mol. The number of hydrogen-bond donors (Lipinski definition) is 1. The number of amides is 1. The number of thiophene rings is 1. The van der Waals surface area contributed by atoms with Crippen molar-refractivity contribution in [3.63, 3.8) is 0 Å². The highest BCUT2D eigenvalue weighted by Crippen LogP contribution is 2.38.